The third kappa shape index (κ3) is 1.66. The van der Waals surface area contributed by atoms with Gasteiger partial charge in [-0.2, -0.15) is 0 Å². The zero-order chi connectivity index (χ0) is 16.5. The van der Waals surface area contributed by atoms with Gasteiger partial charge in [-0.3, -0.25) is 0 Å². The van der Waals surface area contributed by atoms with E-state index >= 15 is 0 Å². The van der Waals surface area contributed by atoms with Gasteiger partial charge in [0.05, 0.1) is 11.2 Å². The van der Waals surface area contributed by atoms with Crippen molar-refractivity contribution in [3.63, 3.8) is 0 Å². The van der Waals surface area contributed by atoms with Crippen molar-refractivity contribution >= 4 is 21.7 Å². The van der Waals surface area contributed by atoms with Crippen molar-refractivity contribution in [2.24, 2.45) is 0 Å². The van der Waals surface area contributed by atoms with Crippen LogP contribution in [-0.4, -0.2) is 9.97 Å². The first-order chi connectivity index (χ1) is 11.6. The van der Waals surface area contributed by atoms with Gasteiger partial charge >= 0.3 is 0 Å². The number of nitrogens with zero attached hydrogens (tertiary/aromatic N) is 2. The lowest BCUT2D eigenvalue weighted by molar-refractivity contribution is 0.644. The molecule has 0 unspecified atom stereocenters. The molecule has 0 N–H and O–H groups in total. The van der Waals surface area contributed by atoms with Crippen molar-refractivity contribution in [3.8, 4) is 11.3 Å². The molecule has 3 aromatic carbocycles. The Morgan fingerprint density at radius 1 is 0.833 bits per heavy atom. The van der Waals surface area contributed by atoms with Crippen molar-refractivity contribution in [1.82, 2.24) is 9.97 Å². The van der Waals surface area contributed by atoms with Crippen LogP contribution in [-0.2, 0) is 5.41 Å². The quantitative estimate of drug-likeness (QED) is 0.435. The van der Waals surface area contributed by atoms with Gasteiger partial charge in [-0.1, -0.05) is 44.2 Å². The highest BCUT2D eigenvalue weighted by Gasteiger charge is 2.34. The molecule has 0 radical (unpaired) electrons. The maximum absolute atomic E-state index is 4.67. The summed E-state index contributed by atoms with van der Waals surface area (Å²) in [4.78, 5) is 9.20. The van der Waals surface area contributed by atoms with E-state index in [0.717, 1.165) is 11.2 Å². The molecule has 0 amide bonds. The van der Waals surface area contributed by atoms with Crippen LogP contribution in [0.2, 0.25) is 0 Å². The molecule has 2 nitrogen and oxygen atoms in total. The predicted molar refractivity (Wildman–Crippen MR) is 99.3 cm³/mol. The van der Waals surface area contributed by atoms with Gasteiger partial charge in [0.2, 0.25) is 0 Å². The highest BCUT2D eigenvalue weighted by atomic mass is 14.8. The molecule has 1 heterocycles. The number of benzene rings is 3. The van der Waals surface area contributed by atoms with E-state index < -0.39 is 0 Å². The average Bonchev–Trinajstić information content (AvgIpc) is 2.58. The Balaban J connectivity index is 2.02. The smallest absolute Gasteiger partial charge is 0.116 e. The zero-order valence-corrected chi connectivity index (χ0v) is 14.1. The molecule has 24 heavy (non-hydrogen) atoms. The number of hydrogen-bond donors (Lipinski definition) is 0. The average molecular weight is 310 g/mol. The van der Waals surface area contributed by atoms with E-state index in [9.17, 15) is 0 Å². The molecule has 0 saturated carbocycles. The van der Waals surface area contributed by atoms with E-state index in [1.165, 1.54) is 38.4 Å². The fraction of sp³-hybridized carbons (Fsp3) is 0.182. The third-order valence-electron chi connectivity index (χ3n) is 5.37. The minimum Gasteiger partial charge on any atom is -0.236 e. The van der Waals surface area contributed by atoms with Gasteiger partial charge in [0.25, 0.3) is 0 Å². The third-order valence-corrected chi connectivity index (χ3v) is 5.37. The van der Waals surface area contributed by atoms with E-state index in [1.54, 1.807) is 6.33 Å². The lowest BCUT2D eigenvalue weighted by Gasteiger charge is -2.34. The Labute approximate surface area is 141 Å². The molecule has 0 fully saturated rings. The number of fused-ring (bicyclic) bond motifs is 3. The summed E-state index contributed by atoms with van der Waals surface area (Å²) in [5, 5.41) is 3.75. The molecule has 0 spiro atoms. The van der Waals surface area contributed by atoms with Crippen LogP contribution in [0.15, 0.2) is 54.9 Å². The van der Waals surface area contributed by atoms with Crippen molar-refractivity contribution < 1.29 is 0 Å². The highest BCUT2D eigenvalue weighted by molar-refractivity contribution is 6.02. The monoisotopic (exact) mass is 310 g/mol. The fourth-order valence-corrected chi connectivity index (χ4v) is 4.13. The van der Waals surface area contributed by atoms with Crippen molar-refractivity contribution in [2.45, 2.75) is 26.2 Å². The number of aromatic nitrogens is 2. The number of rotatable bonds is 0. The Hall–Kier alpha value is -2.74. The molecule has 4 aromatic rings. The minimum atomic E-state index is -0.0681. The van der Waals surface area contributed by atoms with Crippen LogP contribution in [0.5, 0.6) is 0 Å². The predicted octanol–water partition coefficient (Wildman–Crippen LogP) is 5.40. The largest absolute Gasteiger partial charge is 0.236 e. The van der Waals surface area contributed by atoms with Crippen LogP contribution < -0.4 is 0 Å². The summed E-state index contributed by atoms with van der Waals surface area (Å²) in [5.74, 6) is 0. The van der Waals surface area contributed by atoms with E-state index in [1.807, 2.05) is 0 Å². The lowest BCUT2D eigenvalue weighted by atomic mass is 9.69. The molecule has 2 heteroatoms. The molecule has 1 aliphatic rings. The summed E-state index contributed by atoms with van der Waals surface area (Å²) >= 11 is 0. The first-order valence-electron chi connectivity index (χ1n) is 8.35. The zero-order valence-electron chi connectivity index (χ0n) is 14.1. The van der Waals surface area contributed by atoms with Crippen LogP contribution in [0.1, 0.15) is 30.5 Å². The molecule has 0 bridgehead atoms. The van der Waals surface area contributed by atoms with E-state index in [4.69, 9.17) is 0 Å². The highest BCUT2D eigenvalue weighted by Crippen LogP contribution is 2.48. The van der Waals surface area contributed by atoms with Crippen LogP contribution in [0, 0.1) is 6.92 Å². The van der Waals surface area contributed by atoms with Crippen LogP contribution >= 0.6 is 0 Å². The minimum absolute atomic E-state index is 0.0681. The van der Waals surface area contributed by atoms with E-state index in [0.29, 0.717) is 0 Å². The summed E-state index contributed by atoms with van der Waals surface area (Å²) < 4.78 is 0. The molecular weight excluding hydrogens is 292 g/mol. The second-order valence-corrected chi connectivity index (χ2v) is 7.30. The topological polar surface area (TPSA) is 25.8 Å². The molecule has 1 aromatic heterocycles. The second kappa shape index (κ2) is 4.41. The first kappa shape index (κ1) is 13.7. The normalized spacial score (nSPS) is 14.8. The molecular formula is C22H18N2. The van der Waals surface area contributed by atoms with Crippen molar-refractivity contribution in [3.05, 3.63) is 71.5 Å². The van der Waals surface area contributed by atoms with Gasteiger partial charge in [-0.25, -0.2) is 9.97 Å². The first-order valence-corrected chi connectivity index (χ1v) is 8.35. The van der Waals surface area contributed by atoms with Crippen molar-refractivity contribution in [1.29, 1.82) is 0 Å². The molecule has 1 aliphatic carbocycles. The Morgan fingerprint density at radius 2 is 1.58 bits per heavy atom. The SMILES string of the molecule is Cc1cc2c3c(ncnc3c1)-c1cc3ccccc3cc1C2(C)C. The van der Waals surface area contributed by atoms with Crippen molar-refractivity contribution in [2.75, 3.05) is 0 Å². The molecule has 0 aliphatic heterocycles. The number of aryl methyl sites for hydroxylation is 1. The lowest BCUT2D eigenvalue weighted by Crippen LogP contribution is -2.24. The van der Waals surface area contributed by atoms with E-state index in [-0.39, 0.29) is 5.41 Å². The van der Waals surface area contributed by atoms with Gasteiger partial charge in [0.15, 0.2) is 0 Å². The summed E-state index contributed by atoms with van der Waals surface area (Å²) in [6, 6.07) is 17.6. The Morgan fingerprint density at radius 3 is 2.38 bits per heavy atom. The van der Waals surface area contributed by atoms with E-state index in [2.05, 4.69) is 79.3 Å². The van der Waals surface area contributed by atoms with Gasteiger partial charge in [0, 0.05) is 16.4 Å². The Bertz CT molecular complexity index is 1140. The van der Waals surface area contributed by atoms with Crippen LogP contribution in [0.4, 0.5) is 0 Å². The molecule has 0 saturated heterocycles. The standard InChI is InChI=1S/C22H18N2/c1-13-8-18-20-19(9-13)23-12-24-21(20)16-10-14-6-4-5-7-15(14)11-17(16)22(18,2)3/h4-12H,1-3H3. The second-order valence-electron chi connectivity index (χ2n) is 7.30. The molecule has 116 valence electrons. The van der Waals surface area contributed by atoms with Gasteiger partial charge in [-0.05, 0) is 52.6 Å². The fourth-order valence-electron chi connectivity index (χ4n) is 4.13. The number of hydrogen-bond acceptors (Lipinski definition) is 2. The summed E-state index contributed by atoms with van der Waals surface area (Å²) in [7, 11) is 0. The van der Waals surface area contributed by atoms with Crippen LogP contribution in [0.25, 0.3) is 32.9 Å². The van der Waals surface area contributed by atoms with Gasteiger partial charge < -0.3 is 0 Å². The van der Waals surface area contributed by atoms with Crippen LogP contribution in [0.3, 0.4) is 0 Å². The molecule has 0 atom stereocenters. The Kier molecular flexibility index (Phi) is 2.52. The summed E-state index contributed by atoms with van der Waals surface area (Å²) in [6.45, 7) is 6.76. The summed E-state index contributed by atoms with van der Waals surface area (Å²) in [5.41, 5.74) is 7.20. The van der Waals surface area contributed by atoms with Gasteiger partial charge in [0.1, 0.15) is 6.33 Å². The van der Waals surface area contributed by atoms with Gasteiger partial charge in [-0.15, -0.1) is 0 Å². The maximum atomic E-state index is 4.67. The summed E-state index contributed by atoms with van der Waals surface area (Å²) in [6.07, 6.45) is 1.69. The maximum Gasteiger partial charge on any atom is 0.116 e. The molecule has 5 rings (SSSR count).